The largest absolute Gasteiger partial charge is 0.395 e. The van der Waals surface area contributed by atoms with Gasteiger partial charge in [0, 0.05) is 18.2 Å². The topological polar surface area (TPSA) is 83.6 Å². The number of sulfonamides is 1. The van der Waals surface area contributed by atoms with Crippen LogP contribution in [0.1, 0.15) is 30.4 Å². The molecular formula is C14H20N2O3S2. The molecule has 21 heavy (non-hydrogen) atoms. The highest BCUT2D eigenvalue weighted by molar-refractivity contribution is 7.88. The van der Waals surface area contributed by atoms with Gasteiger partial charge in [0.1, 0.15) is 4.99 Å². The summed E-state index contributed by atoms with van der Waals surface area (Å²) in [6, 6.07) is 6.66. The molecule has 1 aliphatic rings. The monoisotopic (exact) mass is 328 g/mol. The minimum atomic E-state index is -3.45. The van der Waals surface area contributed by atoms with Crippen molar-refractivity contribution in [1.82, 2.24) is 4.31 Å². The van der Waals surface area contributed by atoms with Crippen molar-refractivity contribution in [3.63, 3.8) is 0 Å². The third kappa shape index (κ3) is 4.00. The van der Waals surface area contributed by atoms with Crippen LogP contribution in [0.3, 0.4) is 0 Å². The summed E-state index contributed by atoms with van der Waals surface area (Å²) >= 11 is 4.91. The molecule has 0 radical (unpaired) electrons. The number of nitrogens with two attached hydrogens (primary N) is 1. The highest BCUT2D eigenvalue weighted by atomic mass is 32.2. The molecule has 0 aliphatic carbocycles. The Morgan fingerprint density at radius 3 is 2.86 bits per heavy atom. The average Bonchev–Trinajstić information content (AvgIpc) is 2.47. The quantitative estimate of drug-likeness (QED) is 0.788. The van der Waals surface area contributed by atoms with E-state index in [9.17, 15) is 13.5 Å². The Balaban J connectivity index is 2.20. The molecule has 1 aromatic carbocycles. The second-order valence-corrected chi connectivity index (χ2v) is 7.63. The molecule has 1 aromatic rings. The van der Waals surface area contributed by atoms with Gasteiger partial charge in [-0.2, -0.15) is 4.31 Å². The van der Waals surface area contributed by atoms with Crippen LogP contribution in [0.15, 0.2) is 24.3 Å². The van der Waals surface area contributed by atoms with Crippen LogP contribution in [0.4, 0.5) is 0 Å². The van der Waals surface area contributed by atoms with Gasteiger partial charge in [0.05, 0.1) is 12.4 Å². The van der Waals surface area contributed by atoms with E-state index in [0.717, 1.165) is 12.8 Å². The first-order chi connectivity index (χ1) is 9.94. The van der Waals surface area contributed by atoms with Gasteiger partial charge < -0.3 is 10.8 Å². The van der Waals surface area contributed by atoms with Crippen LogP contribution in [0.25, 0.3) is 0 Å². The van der Waals surface area contributed by atoms with Crippen molar-refractivity contribution in [2.45, 2.75) is 31.1 Å². The zero-order chi connectivity index (χ0) is 15.5. The molecule has 3 N–H and O–H groups in total. The Bertz CT molecular complexity index is 616. The highest BCUT2D eigenvalue weighted by Crippen LogP contribution is 2.22. The molecule has 2 rings (SSSR count). The van der Waals surface area contributed by atoms with Crippen LogP contribution in [-0.2, 0) is 15.8 Å². The van der Waals surface area contributed by atoms with Crippen LogP contribution in [0, 0.1) is 0 Å². The van der Waals surface area contributed by atoms with E-state index in [1.54, 1.807) is 24.3 Å². The first-order valence-corrected chi connectivity index (χ1v) is 8.95. The number of piperidine rings is 1. The van der Waals surface area contributed by atoms with E-state index in [1.807, 2.05) is 0 Å². The van der Waals surface area contributed by atoms with Gasteiger partial charge in [-0.15, -0.1) is 0 Å². The van der Waals surface area contributed by atoms with Crippen molar-refractivity contribution in [1.29, 1.82) is 0 Å². The minimum Gasteiger partial charge on any atom is -0.395 e. The molecule has 0 spiro atoms. The smallest absolute Gasteiger partial charge is 0.218 e. The summed E-state index contributed by atoms with van der Waals surface area (Å²) in [5.74, 6) is -0.0973. The van der Waals surface area contributed by atoms with Crippen LogP contribution in [0.2, 0.25) is 0 Å². The number of aliphatic hydroxyl groups is 1. The molecule has 0 bridgehead atoms. The molecule has 1 saturated heterocycles. The summed E-state index contributed by atoms with van der Waals surface area (Å²) in [4.78, 5) is 0.250. The van der Waals surface area contributed by atoms with E-state index in [2.05, 4.69) is 0 Å². The van der Waals surface area contributed by atoms with Crippen molar-refractivity contribution < 1.29 is 13.5 Å². The van der Waals surface area contributed by atoms with Crippen LogP contribution < -0.4 is 5.73 Å². The maximum absolute atomic E-state index is 12.6. The number of rotatable bonds is 5. The van der Waals surface area contributed by atoms with Crippen molar-refractivity contribution in [2.75, 3.05) is 13.2 Å². The zero-order valence-corrected chi connectivity index (χ0v) is 13.4. The van der Waals surface area contributed by atoms with Crippen molar-refractivity contribution >= 4 is 27.2 Å². The minimum absolute atomic E-state index is 0.0973. The molecule has 1 unspecified atom stereocenters. The molecule has 1 atom stereocenters. The lowest BCUT2D eigenvalue weighted by Gasteiger charge is -2.33. The summed E-state index contributed by atoms with van der Waals surface area (Å²) in [7, 11) is -3.45. The van der Waals surface area contributed by atoms with Gasteiger partial charge in [-0.3, -0.25) is 0 Å². The third-order valence-electron chi connectivity index (χ3n) is 3.70. The number of nitrogens with zero attached hydrogens (tertiary/aromatic N) is 1. The fourth-order valence-corrected chi connectivity index (χ4v) is 4.56. The summed E-state index contributed by atoms with van der Waals surface area (Å²) < 4.78 is 26.5. The van der Waals surface area contributed by atoms with E-state index >= 15 is 0 Å². The van der Waals surface area contributed by atoms with Gasteiger partial charge in [0.15, 0.2) is 0 Å². The fourth-order valence-electron chi connectivity index (χ4n) is 2.63. The van der Waals surface area contributed by atoms with Crippen LogP contribution >= 0.6 is 12.2 Å². The van der Waals surface area contributed by atoms with Gasteiger partial charge in [-0.05, 0) is 24.5 Å². The first kappa shape index (κ1) is 16.4. The van der Waals surface area contributed by atoms with Gasteiger partial charge in [-0.25, -0.2) is 8.42 Å². The van der Waals surface area contributed by atoms with E-state index in [-0.39, 0.29) is 23.4 Å². The summed E-state index contributed by atoms with van der Waals surface area (Å²) in [5.41, 5.74) is 6.89. The van der Waals surface area contributed by atoms with Gasteiger partial charge >= 0.3 is 0 Å². The van der Waals surface area contributed by atoms with Gasteiger partial charge in [0.2, 0.25) is 10.0 Å². The van der Waals surface area contributed by atoms with Crippen molar-refractivity contribution in [2.24, 2.45) is 5.73 Å². The predicted octanol–water partition coefficient (Wildman–Crippen LogP) is 0.997. The molecule has 116 valence electrons. The average molecular weight is 328 g/mol. The summed E-state index contributed by atoms with van der Waals surface area (Å²) in [6.45, 7) is 0.342. The molecule has 7 heteroatoms. The Kier molecular flexibility index (Phi) is 5.32. The second-order valence-electron chi connectivity index (χ2n) is 5.26. The van der Waals surface area contributed by atoms with E-state index < -0.39 is 10.0 Å². The number of thiocarbonyl (C=S) groups is 1. The molecule has 5 nitrogen and oxygen atoms in total. The van der Waals surface area contributed by atoms with Crippen molar-refractivity contribution in [3.8, 4) is 0 Å². The van der Waals surface area contributed by atoms with Gasteiger partial charge in [-0.1, -0.05) is 36.8 Å². The first-order valence-electron chi connectivity index (χ1n) is 6.93. The lowest BCUT2D eigenvalue weighted by atomic mass is 10.1. The maximum Gasteiger partial charge on any atom is 0.218 e. The molecule has 1 fully saturated rings. The molecular weight excluding hydrogens is 308 g/mol. The highest BCUT2D eigenvalue weighted by Gasteiger charge is 2.31. The Morgan fingerprint density at radius 1 is 1.43 bits per heavy atom. The number of hydrogen-bond acceptors (Lipinski definition) is 4. The standard InChI is InChI=1S/C14H20N2O3S2/c15-14(20)12-5-3-4-11(8-12)10-21(18,19)16-7-2-1-6-13(16)9-17/h3-5,8,13,17H,1-2,6-7,9-10H2,(H2,15,20). The maximum atomic E-state index is 12.6. The molecule has 0 saturated carbocycles. The van der Waals surface area contributed by atoms with E-state index in [0.29, 0.717) is 24.1 Å². The lowest BCUT2D eigenvalue weighted by Crippen LogP contribution is -2.46. The number of hydrogen-bond donors (Lipinski definition) is 2. The van der Waals surface area contributed by atoms with Gasteiger partial charge in [0.25, 0.3) is 0 Å². The summed E-state index contributed by atoms with van der Waals surface area (Å²) in [6.07, 6.45) is 2.50. The predicted molar refractivity (Wildman–Crippen MR) is 86.4 cm³/mol. The van der Waals surface area contributed by atoms with E-state index in [4.69, 9.17) is 18.0 Å². The fraction of sp³-hybridized carbons (Fsp3) is 0.500. The lowest BCUT2D eigenvalue weighted by molar-refractivity contribution is 0.155. The van der Waals surface area contributed by atoms with Crippen molar-refractivity contribution in [3.05, 3.63) is 35.4 Å². The Hall–Kier alpha value is -1.02. The Labute approximate surface area is 130 Å². The molecule has 0 aromatic heterocycles. The zero-order valence-electron chi connectivity index (χ0n) is 11.7. The SMILES string of the molecule is NC(=S)c1cccc(CS(=O)(=O)N2CCCCC2CO)c1. The van der Waals surface area contributed by atoms with Crippen LogP contribution in [0.5, 0.6) is 0 Å². The van der Waals surface area contributed by atoms with Crippen LogP contribution in [-0.4, -0.2) is 42.0 Å². The molecule has 1 aliphatic heterocycles. The Morgan fingerprint density at radius 2 is 2.19 bits per heavy atom. The van der Waals surface area contributed by atoms with E-state index in [1.165, 1.54) is 4.31 Å². The molecule has 1 heterocycles. The summed E-state index contributed by atoms with van der Waals surface area (Å²) in [5, 5.41) is 9.37. The second kappa shape index (κ2) is 6.83. The molecule has 0 amide bonds. The number of benzene rings is 1. The normalized spacial score (nSPS) is 20.3. The number of aliphatic hydroxyl groups excluding tert-OH is 1. The third-order valence-corrected chi connectivity index (χ3v) is 5.83.